The number of rotatable bonds is 38. The van der Waals surface area contributed by atoms with Crippen molar-refractivity contribution < 1.29 is 120 Å². The molecule has 4 amide bonds. The van der Waals surface area contributed by atoms with Gasteiger partial charge in [0.05, 0.1) is 102 Å². The Morgan fingerprint density at radius 1 is 0.268 bits per heavy atom. The highest BCUT2D eigenvalue weighted by molar-refractivity contribution is 6.22. The van der Waals surface area contributed by atoms with Crippen LogP contribution in [0.5, 0.6) is 0 Å². The Balaban J connectivity index is 0.803. The minimum atomic E-state index is -2.07. The molecule has 20 atom stereocenters. The third-order valence-corrected chi connectivity index (χ3v) is 22.9. The van der Waals surface area contributed by atoms with Crippen molar-refractivity contribution in [2.45, 2.75) is 189 Å². The van der Waals surface area contributed by atoms with Crippen molar-refractivity contribution >= 4 is 35.6 Å². The molecule has 27 heteroatoms. The van der Waals surface area contributed by atoms with E-state index in [-0.39, 0.29) is 88.3 Å². The van der Waals surface area contributed by atoms with Crippen LogP contribution in [0.2, 0.25) is 0 Å². The van der Waals surface area contributed by atoms with E-state index >= 15 is 19.2 Å². The number of hydrogen-bond acceptors (Lipinski definition) is 25. The van der Waals surface area contributed by atoms with Crippen molar-refractivity contribution in [3.8, 4) is 0 Å². The van der Waals surface area contributed by atoms with Gasteiger partial charge in [0.15, 0.2) is 37.4 Å². The Kier molecular flexibility index (Phi) is 30.2. The third kappa shape index (κ3) is 21.8. The van der Waals surface area contributed by atoms with E-state index in [1.54, 1.807) is 60.7 Å². The molecule has 16 rings (SSSR count). The van der Waals surface area contributed by atoms with E-state index in [4.69, 9.17) is 80.5 Å². The summed E-state index contributed by atoms with van der Waals surface area (Å²) in [6, 6.07) is 83.6. The second-order valence-corrected chi connectivity index (χ2v) is 31.7. The highest BCUT2D eigenvalue weighted by Crippen LogP contribution is 2.44. The number of nitrogens with zero attached hydrogens (tertiary/aromatic N) is 2. The van der Waals surface area contributed by atoms with Gasteiger partial charge in [0.2, 0.25) is 0 Å². The van der Waals surface area contributed by atoms with E-state index < -0.39 is 171 Å². The molecular weight excluding hydrogens is 1630 g/mol. The normalized spacial score (nSPS) is 27.0. The number of imide groups is 2. The molecule has 0 radical (unpaired) electrons. The van der Waals surface area contributed by atoms with Gasteiger partial charge in [0.25, 0.3) is 23.6 Å². The van der Waals surface area contributed by atoms with Crippen molar-refractivity contribution in [3.05, 3.63) is 358 Å². The van der Waals surface area contributed by atoms with E-state index in [0.29, 0.717) is 16.7 Å². The minimum absolute atomic E-state index is 0.0000853. The Labute approximate surface area is 735 Å². The molecule has 660 valence electrons. The van der Waals surface area contributed by atoms with Gasteiger partial charge in [-0.05, 0) is 68.8 Å². The van der Waals surface area contributed by atoms with Crippen LogP contribution in [0.25, 0.3) is 0 Å². The van der Waals surface area contributed by atoms with Crippen LogP contribution in [0.15, 0.2) is 291 Å². The topological polar surface area (TPSA) is 306 Å². The first kappa shape index (κ1) is 89.1. The maximum absolute atomic E-state index is 16.0. The molecule has 0 spiro atoms. The number of ether oxygens (including phenoxy) is 17. The SMILES string of the molecule is CC(=O)O[C@@H]1[C@H](O[C@H]2[C@H](OCc3ccccc3)[C@@H](N3C(=O)c4ccccc4C3=O)[C@H](O[C@H]3[C@H](OCc4ccccc4)[C@@H](N4C(=O)c5ccccc5C4=O)[C@H](OCc4ccccc4)O[C@@H]3COCc3ccccc3)O[C@@H]2COCc2ccccc2)O[C@H](CO[C@H]2O[C@H](COCc3ccccc3)[C@@H](OCc3ccccc3)[C@H](OCc3ccccc3)[C@@H]2OC(C)=O)[C@@H](O)[C@@H]1O. The molecule has 2 N–H and O–H groups in total. The summed E-state index contributed by atoms with van der Waals surface area (Å²) in [5.41, 5.74) is 6.12. The highest BCUT2D eigenvalue weighted by Gasteiger charge is 2.62. The quantitative estimate of drug-likeness (QED) is 0.0268. The van der Waals surface area contributed by atoms with Crippen LogP contribution >= 0.6 is 0 Å². The zero-order valence-corrected chi connectivity index (χ0v) is 69.9. The lowest BCUT2D eigenvalue weighted by atomic mass is 9.92. The van der Waals surface area contributed by atoms with E-state index in [0.717, 1.165) is 44.5 Å². The highest BCUT2D eigenvalue weighted by atomic mass is 16.8. The average molecular weight is 1730 g/mol. The number of benzene rings is 10. The first-order valence-corrected chi connectivity index (χ1v) is 42.5. The van der Waals surface area contributed by atoms with Gasteiger partial charge in [0, 0.05) is 13.8 Å². The fraction of sp³-hybridized carbons (Fsp3) is 0.340. The van der Waals surface area contributed by atoms with E-state index in [1.807, 2.05) is 218 Å². The van der Waals surface area contributed by atoms with Crippen LogP contribution in [0.1, 0.15) is 99.8 Å². The molecule has 0 saturated carbocycles. The number of esters is 2. The van der Waals surface area contributed by atoms with Crippen molar-refractivity contribution in [2.24, 2.45) is 0 Å². The molecule has 10 aromatic rings. The molecule has 6 aliphatic heterocycles. The van der Waals surface area contributed by atoms with Gasteiger partial charge in [-0.1, -0.05) is 267 Å². The Bertz CT molecular complexity index is 5160. The van der Waals surface area contributed by atoms with E-state index in [1.165, 1.54) is 19.1 Å². The number of amides is 4. The minimum Gasteiger partial charge on any atom is -0.454 e. The molecule has 6 heterocycles. The number of aliphatic hydroxyl groups is 2. The molecule has 4 fully saturated rings. The predicted octanol–water partition coefficient (Wildman–Crippen LogP) is 11.8. The first-order chi connectivity index (χ1) is 62.2. The summed E-state index contributed by atoms with van der Waals surface area (Å²) in [5, 5.41) is 25.4. The number of carbonyl (C=O) groups is 6. The van der Waals surface area contributed by atoms with Crippen LogP contribution < -0.4 is 0 Å². The molecule has 27 nitrogen and oxygen atoms in total. The number of aliphatic hydroxyl groups excluding tert-OH is 2. The van der Waals surface area contributed by atoms with Gasteiger partial charge >= 0.3 is 11.9 Å². The summed E-state index contributed by atoms with van der Waals surface area (Å²) in [6.07, 6.45) is -28.5. The lowest BCUT2D eigenvalue weighted by Gasteiger charge is -2.53. The lowest BCUT2D eigenvalue weighted by molar-refractivity contribution is -0.377. The van der Waals surface area contributed by atoms with Crippen molar-refractivity contribution in [1.82, 2.24) is 9.80 Å². The predicted molar refractivity (Wildman–Crippen MR) is 455 cm³/mol. The van der Waals surface area contributed by atoms with Crippen LogP contribution in [-0.2, 0) is 143 Å². The van der Waals surface area contributed by atoms with Crippen molar-refractivity contribution in [2.75, 3.05) is 26.4 Å². The summed E-state index contributed by atoms with van der Waals surface area (Å²) >= 11 is 0. The largest absolute Gasteiger partial charge is 0.454 e. The van der Waals surface area contributed by atoms with Gasteiger partial charge in [-0.25, -0.2) is 0 Å². The average Bonchev–Trinajstić information content (AvgIpc) is 1.64. The van der Waals surface area contributed by atoms with Crippen LogP contribution in [0.3, 0.4) is 0 Å². The van der Waals surface area contributed by atoms with E-state index in [2.05, 4.69) is 0 Å². The van der Waals surface area contributed by atoms with Crippen molar-refractivity contribution in [1.29, 1.82) is 0 Å². The molecule has 0 bridgehead atoms. The Morgan fingerprint density at radius 3 is 0.906 bits per heavy atom. The number of fused-ring (bicyclic) bond motifs is 2. The zero-order chi connectivity index (χ0) is 87.5. The first-order valence-electron chi connectivity index (χ1n) is 42.5. The maximum atomic E-state index is 16.0. The summed E-state index contributed by atoms with van der Waals surface area (Å²) in [7, 11) is 0. The summed E-state index contributed by atoms with van der Waals surface area (Å²) < 4.78 is 118. The summed E-state index contributed by atoms with van der Waals surface area (Å²) in [4.78, 5) is 92.3. The van der Waals surface area contributed by atoms with Gasteiger partial charge in [-0.15, -0.1) is 0 Å². The monoisotopic (exact) mass is 1730 g/mol. The second-order valence-electron chi connectivity index (χ2n) is 31.7. The summed E-state index contributed by atoms with van der Waals surface area (Å²) in [6.45, 7) is 0.416. The van der Waals surface area contributed by atoms with E-state index in [9.17, 15) is 19.8 Å². The molecule has 0 unspecified atom stereocenters. The Morgan fingerprint density at radius 2 is 0.543 bits per heavy atom. The van der Waals surface area contributed by atoms with Gasteiger partial charge < -0.3 is 90.7 Å². The van der Waals surface area contributed by atoms with Crippen LogP contribution in [0.4, 0.5) is 0 Å². The second kappa shape index (κ2) is 43.0. The maximum Gasteiger partial charge on any atom is 0.303 e. The van der Waals surface area contributed by atoms with Gasteiger partial charge in [-0.3, -0.25) is 38.6 Å². The third-order valence-electron chi connectivity index (χ3n) is 22.9. The molecule has 4 saturated heterocycles. The van der Waals surface area contributed by atoms with Gasteiger partial charge in [0.1, 0.15) is 85.3 Å². The smallest absolute Gasteiger partial charge is 0.303 e. The zero-order valence-electron chi connectivity index (χ0n) is 69.9. The molecule has 6 aliphatic rings. The van der Waals surface area contributed by atoms with Crippen molar-refractivity contribution in [3.63, 3.8) is 0 Å². The Hall–Kier alpha value is -11.3. The number of carbonyl (C=O) groups excluding carboxylic acids is 6. The van der Waals surface area contributed by atoms with Crippen LogP contribution in [0, 0.1) is 0 Å². The molecule has 0 aromatic heterocycles. The standard InChI is InChI=1S/C100H100N2O25/c1-63(103)120-90-84(106)83(105)77(62-119-99-92(121-64(2)104)91(117-57-71-43-23-9-24-44-71)85(114-54-68-37-17-6-18-38-68)78(125-99)59-111-51-65-31-11-3-12-32-65)122-100(90)127-87-80(61-113-53-67-35-15-5-16-36-67)124-98(82(89(87)116-56-70-41-21-8-22-42-70)102-95(109)75-49-29-30-50-76(75)96(102)110)126-86-79(60-112-52-66-33-13-4-14-34-66)123-97(118-58-72-45-25-10-26-46-72)81(88(86)115-55-69-39-19-7-20-40-69)101-93(107)73-47-27-28-48-74(73)94(101)108/h3-50,77-92,97-100,105-106H,51-62H2,1-2H3/t77-,78-,79-,80-,81-,82-,83-,84+,85-,86-,87-,88-,89-,90+,91+,92+,97-,98+,99+,100+/m1/s1. The molecule has 10 aromatic carbocycles. The van der Waals surface area contributed by atoms with Crippen LogP contribution in [-0.4, -0.2) is 205 Å². The molecule has 0 aliphatic carbocycles. The van der Waals surface area contributed by atoms with Gasteiger partial charge in [-0.2, -0.15) is 0 Å². The lowest BCUT2D eigenvalue weighted by Crippen LogP contribution is -2.71. The fourth-order valence-electron chi connectivity index (χ4n) is 16.8. The molecule has 127 heavy (non-hydrogen) atoms. The molecular formula is C100H100N2O25. The summed E-state index contributed by atoms with van der Waals surface area (Å²) in [5.74, 6) is -4.73. The number of hydrogen-bond donors (Lipinski definition) is 2. The fourth-order valence-corrected chi connectivity index (χ4v) is 16.8.